The van der Waals surface area contributed by atoms with Crippen molar-refractivity contribution in [2.75, 3.05) is 0 Å². The molecule has 0 unspecified atom stereocenters. The minimum Gasteiger partial charge on any atom is -0.244 e. The Morgan fingerprint density at radius 3 is 2.79 bits per heavy atom. The fourth-order valence-electron chi connectivity index (χ4n) is 0.845. The van der Waals surface area contributed by atoms with Crippen LogP contribution >= 0.6 is 11.8 Å². The van der Waals surface area contributed by atoms with E-state index >= 15 is 0 Å². The van der Waals surface area contributed by atoms with Gasteiger partial charge in [-0.2, -0.15) is 9.49 Å². The number of nitrogens with zero attached hydrogens (tertiary/aromatic N) is 5. The lowest BCUT2D eigenvalue weighted by Gasteiger charge is -1.98. The molecule has 0 fully saturated rings. The van der Waals surface area contributed by atoms with Crippen molar-refractivity contribution in [3.8, 4) is 0 Å². The van der Waals surface area contributed by atoms with Gasteiger partial charge < -0.3 is 0 Å². The smallest absolute Gasteiger partial charge is 0.217 e. The zero-order valence-electron chi connectivity index (χ0n) is 7.25. The van der Waals surface area contributed by atoms with Gasteiger partial charge in [-0.05, 0) is 11.8 Å². The summed E-state index contributed by atoms with van der Waals surface area (Å²) in [6.07, 6.45) is 2.61. The van der Waals surface area contributed by atoms with Crippen molar-refractivity contribution >= 4 is 11.8 Å². The molecule has 0 aliphatic heterocycles. The quantitative estimate of drug-likeness (QED) is 0.690. The Labute approximate surface area is 83.4 Å². The van der Waals surface area contributed by atoms with Gasteiger partial charge in [-0.25, -0.2) is 19.6 Å². The molecule has 2 aromatic rings. The fraction of sp³-hybridized carbons (Fsp3) is 0.143. The predicted molar refractivity (Wildman–Crippen MR) is 47.1 cm³/mol. The van der Waals surface area contributed by atoms with Gasteiger partial charge in [-0.3, -0.25) is 0 Å². The Bertz CT molecular complexity index is 443. The van der Waals surface area contributed by atoms with Crippen molar-refractivity contribution in [3.63, 3.8) is 0 Å². The molecule has 2 rings (SSSR count). The molecule has 0 bridgehead atoms. The van der Waals surface area contributed by atoms with Gasteiger partial charge in [0.05, 0.1) is 0 Å². The third-order valence-corrected chi connectivity index (χ3v) is 2.46. The van der Waals surface area contributed by atoms with Crippen LogP contribution < -0.4 is 0 Å². The highest BCUT2D eigenvalue weighted by Gasteiger charge is 2.05. The SMILES string of the molecule is Cn1ncnc1Sc1cc(F)ncn1. The summed E-state index contributed by atoms with van der Waals surface area (Å²) in [5.41, 5.74) is 0. The van der Waals surface area contributed by atoms with Crippen LogP contribution in [0.4, 0.5) is 4.39 Å². The maximum absolute atomic E-state index is 12.7. The zero-order valence-corrected chi connectivity index (χ0v) is 8.07. The highest BCUT2D eigenvalue weighted by molar-refractivity contribution is 7.99. The average molecular weight is 211 g/mol. The molecule has 0 saturated carbocycles. The summed E-state index contributed by atoms with van der Waals surface area (Å²) in [5, 5.41) is 5.05. The van der Waals surface area contributed by atoms with Crippen molar-refractivity contribution < 1.29 is 4.39 Å². The van der Waals surface area contributed by atoms with E-state index in [4.69, 9.17) is 0 Å². The van der Waals surface area contributed by atoms with Crippen molar-refractivity contribution in [1.82, 2.24) is 24.7 Å². The molecule has 5 nitrogen and oxygen atoms in total. The summed E-state index contributed by atoms with van der Waals surface area (Å²) in [4.78, 5) is 11.2. The van der Waals surface area contributed by atoms with Crippen LogP contribution in [0.5, 0.6) is 0 Å². The second kappa shape index (κ2) is 3.70. The Balaban J connectivity index is 2.23. The summed E-state index contributed by atoms with van der Waals surface area (Å²) in [6, 6.07) is 1.25. The van der Waals surface area contributed by atoms with E-state index in [1.165, 1.54) is 30.5 Å². The molecule has 72 valence electrons. The van der Waals surface area contributed by atoms with E-state index in [1.807, 2.05) is 0 Å². The molecule has 0 aliphatic carbocycles. The van der Waals surface area contributed by atoms with Gasteiger partial charge >= 0.3 is 0 Å². The number of rotatable bonds is 2. The molecule has 2 aromatic heterocycles. The summed E-state index contributed by atoms with van der Waals surface area (Å²) < 4.78 is 14.3. The summed E-state index contributed by atoms with van der Waals surface area (Å²) in [7, 11) is 1.76. The van der Waals surface area contributed by atoms with Gasteiger partial charge in [0.1, 0.15) is 17.7 Å². The number of hydrogen-bond donors (Lipinski definition) is 0. The van der Waals surface area contributed by atoms with Crippen LogP contribution in [0.1, 0.15) is 0 Å². The predicted octanol–water partition coefficient (Wildman–Crippen LogP) is 0.895. The molecule has 2 heterocycles. The number of hydrogen-bond acceptors (Lipinski definition) is 5. The lowest BCUT2D eigenvalue weighted by Crippen LogP contribution is -1.93. The molecule has 0 saturated heterocycles. The van der Waals surface area contributed by atoms with Crippen LogP contribution in [0.3, 0.4) is 0 Å². The molecule has 0 N–H and O–H groups in total. The monoisotopic (exact) mass is 211 g/mol. The molecule has 0 spiro atoms. The fourth-order valence-corrected chi connectivity index (χ4v) is 1.57. The van der Waals surface area contributed by atoms with Crippen LogP contribution in [-0.4, -0.2) is 24.7 Å². The Kier molecular flexibility index (Phi) is 2.40. The van der Waals surface area contributed by atoms with Gasteiger partial charge in [0, 0.05) is 13.1 Å². The molecule has 0 atom stereocenters. The molecule has 7 heteroatoms. The zero-order chi connectivity index (χ0) is 9.97. The number of halogens is 1. The topological polar surface area (TPSA) is 56.5 Å². The van der Waals surface area contributed by atoms with Crippen molar-refractivity contribution in [1.29, 1.82) is 0 Å². The number of aromatic nitrogens is 5. The van der Waals surface area contributed by atoms with Crippen molar-refractivity contribution in [3.05, 3.63) is 24.7 Å². The Hall–Kier alpha value is -1.50. The Morgan fingerprint density at radius 1 is 1.29 bits per heavy atom. The van der Waals surface area contributed by atoms with Gasteiger partial charge in [0.15, 0.2) is 5.16 Å². The minimum atomic E-state index is -0.551. The van der Waals surface area contributed by atoms with E-state index in [9.17, 15) is 4.39 Å². The summed E-state index contributed by atoms with van der Waals surface area (Å²) in [5.74, 6) is -0.551. The maximum Gasteiger partial charge on any atom is 0.217 e. The second-order valence-corrected chi connectivity index (χ2v) is 3.43. The van der Waals surface area contributed by atoms with E-state index in [1.54, 1.807) is 11.7 Å². The third-order valence-electron chi connectivity index (χ3n) is 1.47. The third kappa shape index (κ3) is 1.87. The highest BCUT2D eigenvalue weighted by atomic mass is 32.2. The first-order chi connectivity index (χ1) is 6.75. The first kappa shape index (κ1) is 9.07. The van der Waals surface area contributed by atoms with Crippen molar-refractivity contribution in [2.24, 2.45) is 7.05 Å². The normalized spacial score (nSPS) is 10.4. The molecular weight excluding hydrogens is 205 g/mol. The highest BCUT2D eigenvalue weighted by Crippen LogP contribution is 2.22. The van der Waals surface area contributed by atoms with Gasteiger partial charge in [0.25, 0.3) is 0 Å². The average Bonchev–Trinajstić information content (AvgIpc) is 2.52. The van der Waals surface area contributed by atoms with E-state index < -0.39 is 5.95 Å². The molecule has 0 aromatic carbocycles. The van der Waals surface area contributed by atoms with Gasteiger partial charge in [-0.1, -0.05) is 0 Å². The maximum atomic E-state index is 12.7. The first-order valence-electron chi connectivity index (χ1n) is 3.75. The number of aryl methyl sites for hydroxylation is 1. The molecule has 0 aliphatic rings. The van der Waals surface area contributed by atoms with Crippen LogP contribution in [0.15, 0.2) is 28.9 Å². The minimum absolute atomic E-state index is 0.508. The van der Waals surface area contributed by atoms with Crippen LogP contribution in [-0.2, 0) is 7.05 Å². The van der Waals surface area contributed by atoms with E-state index in [0.717, 1.165) is 0 Å². The summed E-state index contributed by atoms with van der Waals surface area (Å²) >= 11 is 1.23. The van der Waals surface area contributed by atoms with Crippen LogP contribution in [0.2, 0.25) is 0 Å². The van der Waals surface area contributed by atoms with Crippen molar-refractivity contribution in [2.45, 2.75) is 10.2 Å². The van der Waals surface area contributed by atoms with Crippen LogP contribution in [0.25, 0.3) is 0 Å². The van der Waals surface area contributed by atoms with Gasteiger partial charge in [0.2, 0.25) is 5.95 Å². The lowest BCUT2D eigenvalue weighted by molar-refractivity contribution is 0.572. The molecule has 0 radical (unpaired) electrons. The Morgan fingerprint density at radius 2 is 2.14 bits per heavy atom. The van der Waals surface area contributed by atoms with E-state index in [-0.39, 0.29) is 0 Å². The van der Waals surface area contributed by atoms with E-state index in [2.05, 4.69) is 20.1 Å². The largest absolute Gasteiger partial charge is 0.244 e. The second-order valence-electron chi connectivity index (χ2n) is 2.45. The van der Waals surface area contributed by atoms with Gasteiger partial charge in [-0.15, -0.1) is 0 Å². The standard InChI is InChI=1S/C7H6FN5S/c1-13-7(11-4-12-13)14-6-2-5(8)9-3-10-6/h2-4H,1H3. The lowest BCUT2D eigenvalue weighted by atomic mass is 10.7. The first-order valence-corrected chi connectivity index (χ1v) is 4.57. The van der Waals surface area contributed by atoms with Crippen LogP contribution in [0, 0.1) is 5.95 Å². The summed E-state index contributed by atoms with van der Waals surface area (Å²) in [6.45, 7) is 0. The van der Waals surface area contributed by atoms with E-state index in [0.29, 0.717) is 10.2 Å². The molecular formula is C7H6FN5S. The molecule has 14 heavy (non-hydrogen) atoms. The molecule has 0 amide bonds.